The second-order valence-corrected chi connectivity index (χ2v) is 6.85. The van der Waals surface area contributed by atoms with Crippen molar-refractivity contribution in [3.63, 3.8) is 0 Å². The summed E-state index contributed by atoms with van der Waals surface area (Å²) in [6, 6.07) is 0. The molecule has 1 fully saturated rings. The van der Waals surface area contributed by atoms with E-state index in [4.69, 9.17) is 10.5 Å². The summed E-state index contributed by atoms with van der Waals surface area (Å²) in [4.78, 5) is 10.8. The van der Waals surface area contributed by atoms with E-state index >= 15 is 0 Å². The third-order valence-corrected chi connectivity index (χ3v) is 4.43. The van der Waals surface area contributed by atoms with Crippen molar-refractivity contribution < 1.29 is 14.6 Å². The monoisotopic (exact) mass is 275 g/mol. The SMILES string of the molecule is CSCC1(O)CCC(CC(C)(C)OC(N)=O)CC1. The molecule has 5 heteroatoms. The number of hydrogen-bond donors (Lipinski definition) is 2. The molecule has 1 aliphatic carbocycles. The van der Waals surface area contributed by atoms with Crippen LogP contribution in [0.4, 0.5) is 4.79 Å². The first-order valence-electron chi connectivity index (χ1n) is 6.46. The van der Waals surface area contributed by atoms with Crippen LogP contribution < -0.4 is 5.73 Å². The van der Waals surface area contributed by atoms with E-state index in [9.17, 15) is 9.90 Å². The van der Waals surface area contributed by atoms with Crippen LogP contribution in [0, 0.1) is 5.92 Å². The van der Waals surface area contributed by atoms with E-state index in [1.54, 1.807) is 11.8 Å². The third-order valence-electron chi connectivity index (χ3n) is 3.61. The van der Waals surface area contributed by atoms with Gasteiger partial charge in [-0.05, 0) is 58.1 Å². The molecule has 4 nitrogen and oxygen atoms in total. The van der Waals surface area contributed by atoms with Crippen molar-refractivity contribution >= 4 is 17.9 Å². The molecular weight excluding hydrogens is 250 g/mol. The Bertz CT molecular complexity index is 286. The number of primary amides is 1. The molecule has 18 heavy (non-hydrogen) atoms. The number of amides is 1. The lowest BCUT2D eigenvalue weighted by Crippen LogP contribution is -2.39. The van der Waals surface area contributed by atoms with Gasteiger partial charge in [0.1, 0.15) is 5.60 Å². The second kappa shape index (κ2) is 6.15. The molecule has 0 aliphatic heterocycles. The summed E-state index contributed by atoms with van der Waals surface area (Å²) >= 11 is 1.69. The maximum Gasteiger partial charge on any atom is 0.405 e. The third kappa shape index (κ3) is 5.06. The Labute approximate surface area is 114 Å². The van der Waals surface area contributed by atoms with E-state index in [1.807, 2.05) is 20.1 Å². The minimum atomic E-state index is -0.713. The topological polar surface area (TPSA) is 72.6 Å². The van der Waals surface area contributed by atoms with Gasteiger partial charge in [0, 0.05) is 5.75 Å². The zero-order valence-corrected chi connectivity index (χ0v) is 12.4. The van der Waals surface area contributed by atoms with E-state index in [2.05, 4.69) is 0 Å². The number of ether oxygens (including phenoxy) is 1. The maximum absolute atomic E-state index is 10.8. The Morgan fingerprint density at radius 2 is 2.06 bits per heavy atom. The minimum absolute atomic E-state index is 0.495. The molecule has 1 saturated carbocycles. The van der Waals surface area contributed by atoms with Crippen LogP contribution in [-0.2, 0) is 4.74 Å². The van der Waals surface area contributed by atoms with Gasteiger partial charge >= 0.3 is 6.09 Å². The molecule has 106 valence electrons. The van der Waals surface area contributed by atoms with Crippen LogP contribution in [0.1, 0.15) is 46.0 Å². The van der Waals surface area contributed by atoms with E-state index in [0.29, 0.717) is 5.92 Å². The summed E-state index contributed by atoms with van der Waals surface area (Å²) in [5.74, 6) is 1.31. The van der Waals surface area contributed by atoms with Crippen LogP contribution in [0.5, 0.6) is 0 Å². The molecule has 3 N–H and O–H groups in total. The molecule has 0 bridgehead atoms. The van der Waals surface area contributed by atoms with Crippen molar-refractivity contribution in [3.05, 3.63) is 0 Å². The molecule has 1 amide bonds. The van der Waals surface area contributed by atoms with Crippen LogP contribution in [-0.4, -0.2) is 34.4 Å². The Balaban J connectivity index is 2.41. The highest BCUT2D eigenvalue weighted by atomic mass is 32.2. The molecule has 0 spiro atoms. The molecule has 1 aliphatic rings. The van der Waals surface area contributed by atoms with Gasteiger partial charge in [0.05, 0.1) is 5.60 Å². The van der Waals surface area contributed by atoms with Crippen LogP contribution in [0.2, 0.25) is 0 Å². The van der Waals surface area contributed by atoms with Crippen molar-refractivity contribution in [2.24, 2.45) is 11.7 Å². The number of hydrogen-bond acceptors (Lipinski definition) is 4. The molecule has 0 atom stereocenters. The molecule has 0 heterocycles. The molecule has 0 aromatic rings. The Hall–Kier alpha value is -0.420. The molecule has 1 rings (SSSR count). The van der Waals surface area contributed by atoms with Crippen molar-refractivity contribution in [2.45, 2.75) is 57.2 Å². The van der Waals surface area contributed by atoms with Gasteiger partial charge in [-0.1, -0.05) is 0 Å². The van der Waals surface area contributed by atoms with E-state index < -0.39 is 17.3 Å². The molecule has 0 aromatic carbocycles. The fourth-order valence-electron chi connectivity index (χ4n) is 2.84. The highest BCUT2D eigenvalue weighted by Gasteiger charge is 2.35. The Kier molecular flexibility index (Phi) is 5.34. The number of carbonyl (C=O) groups excluding carboxylic acids is 1. The van der Waals surface area contributed by atoms with Gasteiger partial charge in [0.15, 0.2) is 0 Å². The summed E-state index contributed by atoms with van der Waals surface area (Å²) in [6.45, 7) is 3.78. The lowest BCUT2D eigenvalue weighted by atomic mass is 9.76. The fourth-order valence-corrected chi connectivity index (χ4v) is 3.67. The first kappa shape index (κ1) is 15.6. The largest absolute Gasteiger partial charge is 0.444 e. The predicted octanol–water partition coefficient (Wildman–Crippen LogP) is 2.53. The molecular formula is C13H25NO3S. The van der Waals surface area contributed by atoms with Crippen molar-refractivity contribution in [1.29, 1.82) is 0 Å². The van der Waals surface area contributed by atoms with Gasteiger partial charge in [-0.15, -0.1) is 0 Å². The van der Waals surface area contributed by atoms with Gasteiger partial charge < -0.3 is 15.6 Å². The average Bonchev–Trinajstić information content (AvgIpc) is 2.20. The van der Waals surface area contributed by atoms with Crippen LogP contribution in [0.15, 0.2) is 0 Å². The number of carbonyl (C=O) groups is 1. The van der Waals surface area contributed by atoms with Crippen molar-refractivity contribution in [1.82, 2.24) is 0 Å². The van der Waals surface area contributed by atoms with Gasteiger partial charge in [-0.25, -0.2) is 4.79 Å². The van der Waals surface area contributed by atoms with Crippen LogP contribution >= 0.6 is 11.8 Å². The van der Waals surface area contributed by atoms with Crippen molar-refractivity contribution in [2.75, 3.05) is 12.0 Å². The van der Waals surface area contributed by atoms with E-state index in [-0.39, 0.29) is 0 Å². The van der Waals surface area contributed by atoms with Crippen LogP contribution in [0.25, 0.3) is 0 Å². The number of thioether (sulfide) groups is 1. The standard InChI is InChI=1S/C13H25NO3S/c1-12(2,17-11(14)15)8-10-4-6-13(16,7-5-10)9-18-3/h10,16H,4-9H2,1-3H3,(H2,14,15). The zero-order valence-electron chi connectivity index (χ0n) is 11.6. The number of rotatable bonds is 5. The summed E-state index contributed by atoms with van der Waals surface area (Å²) in [7, 11) is 0. The smallest absolute Gasteiger partial charge is 0.405 e. The predicted molar refractivity (Wildman–Crippen MR) is 74.7 cm³/mol. The quantitative estimate of drug-likeness (QED) is 0.808. The number of aliphatic hydroxyl groups is 1. The molecule has 0 aromatic heterocycles. The average molecular weight is 275 g/mol. The Morgan fingerprint density at radius 1 is 1.50 bits per heavy atom. The summed E-state index contributed by atoms with van der Waals surface area (Å²) in [5.41, 5.74) is 4.06. The summed E-state index contributed by atoms with van der Waals surface area (Å²) in [6.07, 6.45) is 5.77. The first-order valence-corrected chi connectivity index (χ1v) is 7.85. The molecule has 0 saturated heterocycles. The Morgan fingerprint density at radius 3 is 2.50 bits per heavy atom. The van der Waals surface area contributed by atoms with Crippen molar-refractivity contribution in [3.8, 4) is 0 Å². The summed E-state index contributed by atoms with van der Waals surface area (Å²) < 4.78 is 5.11. The highest BCUT2D eigenvalue weighted by Crippen LogP contribution is 2.38. The van der Waals surface area contributed by atoms with Gasteiger partial charge in [0.2, 0.25) is 0 Å². The molecule has 0 unspecified atom stereocenters. The number of nitrogens with two attached hydrogens (primary N) is 1. The first-order chi connectivity index (χ1) is 8.26. The fraction of sp³-hybridized carbons (Fsp3) is 0.923. The molecule has 0 radical (unpaired) electrons. The van der Waals surface area contributed by atoms with E-state index in [0.717, 1.165) is 37.9 Å². The second-order valence-electron chi connectivity index (χ2n) is 5.99. The highest BCUT2D eigenvalue weighted by molar-refractivity contribution is 7.98. The maximum atomic E-state index is 10.8. The van der Waals surface area contributed by atoms with E-state index in [1.165, 1.54) is 0 Å². The normalized spacial score (nSPS) is 29.0. The lowest BCUT2D eigenvalue weighted by Gasteiger charge is -2.38. The van der Waals surface area contributed by atoms with Gasteiger partial charge in [-0.3, -0.25) is 0 Å². The zero-order chi connectivity index (χ0) is 13.8. The summed E-state index contributed by atoms with van der Waals surface area (Å²) in [5, 5.41) is 10.3. The lowest BCUT2D eigenvalue weighted by molar-refractivity contribution is -0.0149. The van der Waals surface area contributed by atoms with Crippen LogP contribution in [0.3, 0.4) is 0 Å². The minimum Gasteiger partial charge on any atom is -0.444 e. The van der Waals surface area contributed by atoms with Gasteiger partial charge in [0.25, 0.3) is 0 Å². The van der Waals surface area contributed by atoms with Gasteiger partial charge in [-0.2, -0.15) is 11.8 Å².